The summed E-state index contributed by atoms with van der Waals surface area (Å²) in [7, 11) is 0. The normalized spacial score (nSPS) is 8.30. The van der Waals surface area contributed by atoms with Gasteiger partial charge in [-0.05, 0) is 0 Å². The Labute approximate surface area is 59.2 Å². The number of nitrogens with zero attached hydrogens (tertiary/aromatic N) is 1. The van der Waals surface area contributed by atoms with Crippen molar-refractivity contribution in [3.63, 3.8) is 0 Å². The molecule has 0 heterocycles. The lowest BCUT2D eigenvalue weighted by Crippen LogP contribution is -1.92. The molecule has 1 rings (SSSR count). The summed E-state index contributed by atoms with van der Waals surface area (Å²) in [6, 6.07) is 10.7. The molecule has 0 bridgehead atoms. The molecule has 0 aliphatic rings. The van der Waals surface area contributed by atoms with Gasteiger partial charge in [-0.2, -0.15) is 5.26 Å². The maximum Gasteiger partial charge on any atom is 0.139 e. The van der Waals surface area contributed by atoms with Crippen molar-refractivity contribution in [2.45, 2.75) is 0 Å². The molecule has 0 atom stereocenters. The van der Waals surface area contributed by atoms with Crippen LogP contribution in [0.15, 0.2) is 30.3 Å². The first kappa shape index (κ1) is 6.50. The predicted molar refractivity (Wildman–Crippen MR) is 38.9 cm³/mol. The zero-order chi connectivity index (χ0) is 7.40. The molecule has 10 heavy (non-hydrogen) atoms. The van der Waals surface area contributed by atoms with Gasteiger partial charge in [0, 0.05) is 5.56 Å². The Morgan fingerprint density at radius 2 is 1.90 bits per heavy atom. The number of nitriles is 1. The van der Waals surface area contributed by atoms with Crippen LogP contribution in [-0.2, 0) is 0 Å². The molecule has 48 valence electrons. The Kier molecular flexibility index (Phi) is 1.81. The molecule has 0 aliphatic carbocycles. The van der Waals surface area contributed by atoms with E-state index >= 15 is 0 Å². The number of hydrogen-bond acceptors (Lipinski definition) is 2. The molecule has 2 nitrogen and oxygen atoms in total. The quantitative estimate of drug-likeness (QED) is 0.576. The van der Waals surface area contributed by atoms with Gasteiger partial charge in [-0.15, -0.1) is 0 Å². The van der Waals surface area contributed by atoms with E-state index in [9.17, 15) is 0 Å². The van der Waals surface area contributed by atoms with E-state index in [1.165, 1.54) is 0 Å². The van der Waals surface area contributed by atoms with Crippen LogP contribution in [0.4, 0.5) is 0 Å². The highest BCUT2D eigenvalue weighted by molar-refractivity contribution is 6.09. The molecule has 1 N–H and O–H groups in total. The SMILES string of the molecule is N#CC(=N)c1ccccc1. The topological polar surface area (TPSA) is 47.6 Å². The highest BCUT2D eigenvalue weighted by atomic mass is 14.4. The molecule has 0 saturated carbocycles. The van der Waals surface area contributed by atoms with Gasteiger partial charge in [0.05, 0.1) is 0 Å². The van der Waals surface area contributed by atoms with Crippen molar-refractivity contribution in [3.05, 3.63) is 35.9 Å². The van der Waals surface area contributed by atoms with Crippen LogP contribution >= 0.6 is 0 Å². The average Bonchev–Trinajstić information content (AvgIpc) is 2.05. The van der Waals surface area contributed by atoms with Gasteiger partial charge in [0.2, 0.25) is 0 Å². The number of hydrogen-bond donors (Lipinski definition) is 1. The van der Waals surface area contributed by atoms with Crippen molar-refractivity contribution in [2.75, 3.05) is 0 Å². The molecule has 0 unspecified atom stereocenters. The van der Waals surface area contributed by atoms with Crippen LogP contribution in [0.25, 0.3) is 0 Å². The first-order chi connectivity index (χ1) is 4.84. The molecule has 0 aliphatic heterocycles. The largest absolute Gasteiger partial charge is 0.290 e. The van der Waals surface area contributed by atoms with E-state index in [2.05, 4.69) is 0 Å². The summed E-state index contributed by atoms with van der Waals surface area (Å²) in [4.78, 5) is 0. The van der Waals surface area contributed by atoms with Gasteiger partial charge >= 0.3 is 0 Å². The molecule has 2 heteroatoms. The second-order valence-electron chi connectivity index (χ2n) is 1.85. The number of rotatable bonds is 1. The molecule has 1 aromatic rings. The lowest BCUT2D eigenvalue weighted by atomic mass is 10.1. The molecular formula is C8H6N2. The van der Waals surface area contributed by atoms with Crippen molar-refractivity contribution in [3.8, 4) is 6.07 Å². The van der Waals surface area contributed by atoms with Gasteiger partial charge in [-0.25, -0.2) is 0 Å². The summed E-state index contributed by atoms with van der Waals surface area (Å²) in [5.74, 6) is 0. The van der Waals surface area contributed by atoms with Gasteiger partial charge in [0.15, 0.2) is 0 Å². The highest BCUT2D eigenvalue weighted by Crippen LogP contribution is 1.97. The van der Waals surface area contributed by atoms with Crippen LogP contribution in [-0.4, -0.2) is 5.71 Å². The third kappa shape index (κ3) is 1.20. The Bertz CT molecular complexity index is 269. The summed E-state index contributed by atoms with van der Waals surface area (Å²) >= 11 is 0. The minimum absolute atomic E-state index is 0.0144. The van der Waals surface area contributed by atoms with Crippen molar-refractivity contribution in [1.29, 1.82) is 10.7 Å². The number of benzene rings is 1. The maximum atomic E-state index is 8.31. The highest BCUT2D eigenvalue weighted by Gasteiger charge is 1.94. The fraction of sp³-hybridized carbons (Fsp3) is 0. The van der Waals surface area contributed by atoms with Crippen molar-refractivity contribution >= 4 is 5.71 Å². The van der Waals surface area contributed by atoms with Crippen LogP contribution < -0.4 is 0 Å². The minimum Gasteiger partial charge on any atom is -0.290 e. The van der Waals surface area contributed by atoms with Crippen molar-refractivity contribution in [2.24, 2.45) is 0 Å². The third-order valence-electron chi connectivity index (χ3n) is 1.17. The molecular weight excluding hydrogens is 124 g/mol. The van der Waals surface area contributed by atoms with Crippen molar-refractivity contribution < 1.29 is 0 Å². The van der Waals surface area contributed by atoms with E-state index in [0.717, 1.165) is 0 Å². The van der Waals surface area contributed by atoms with Gasteiger partial charge in [-0.3, -0.25) is 5.41 Å². The lowest BCUT2D eigenvalue weighted by molar-refractivity contribution is 1.46. The maximum absolute atomic E-state index is 8.31. The first-order valence-corrected chi connectivity index (χ1v) is 2.88. The molecule has 0 saturated heterocycles. The smallest absolute Gasteiger partial charge is 0.139 e. The standard InChI is InChI=1S/C8H6N2/c9-6-8(10)7-4-2-1-3-5-7/h1-5,10H. The van der Waals surface area contributed by atoms with Gasteiger partial charge in [-0.1, -0.05) is 30.3 Å². The second kappa shape index (κ2) is 2.79. The zero-order valence-corrected chi connectivity index (χ0v) is 5.33. The van der Waals surface area contributed by atoms with E-state index in [-0.39, 0.29) is 5.71 Å². The second-order valence-corrected chi connectivity index (χ2v) is 1.85. The fourth-order valence-corrected chi connectivity index (χ4v) is 0.669. The lowest BCUT2D eigenvalue weighted by Gasteiger charge is -1.90. The van der Waals surface area contributed by atoms with Crippen LogP contribution in [0, 0.1) is 16.7 Å². The number of nitrogens with one attached hydrogen (secondary N) is 1. The monoisotopic (exact) mass is 130 g/mol. The molecule has 0 fully saturated rings. The Morgan fingerprint density at radius 1 is 1.30 bits per heavy atom. The summed E-state index contributed by atoms with van der Waals surface area (Å²) in [6.45, 7) is 0. The summed E-state index contributed by atoms with van der Waals surface area (Å²) in [5.41, 5.74) is 0.686. The fourth-order valence-electron chi connectivity index (χ4n) is 0.669. The van der Waals surface area contributed by atoms with E-state index in [0.29, 0.717) is 5.56 Å². The Balaban J connectivity index is 2.99. The van der Waals surface area contributed by atoms with Crippen LogP contribution in [0.5, 0.6) is 0 Å². The summed E-state index contributed by atoms with van der Waals surface area (Å²) in [5, 5.41) is 15.4. The van der Waals surface area contributed by atoms with E-state index < -0.39 is 0 Å². The van der Waals surface area contributed by atoms with Gasteiger partial charge in [0.25, 0.3) is 0 Å². The Morgan fingerprint density at radius 3 is 2.40 bits per heavy atom. The molecule has 0 radical (unpaired) electrons. The minimum atomic E-state index is 0.0144. The molecule has 1 aromatic carbocycles. The molecule has 0 spiro atoms. The van der Waals surface area contributed by atoms with Crippen LogP contribution in [0.3, 0.4) is 0 Å². The predicted octanol–water partition coefficient (Wildman–Crippen LogP) is 1.58. The van der Waals surface area contributed by atoms with E-state index in [1.807, 2.05) is 6.07 Å². The van der Waals surface area contributed by atoms with Gasteiger partial charge in [0.1, 0.15) is 11.8 Å². The third-order valence-corrected chi connectivity index (χ3v) is 1.17. The zero-order valence-electron chi connectivity index (χ0n) is 5.33. The summed E-state index contributed by atoms with van der Waals surface area (Å²) in [6.07, 6.45) is 0. The van der Waals surface area contributed by atoms with E-state index in [4.69, 9.17) is 10.7 Å². The van der Waals surface area contributed by atoms with Crippen LogP contribution in [0.2, 0.25) is 0 Å². The summed E-state index contributed by atoms with van der Waals surface area (Å²) < 4.78 is 0. The van der Waals surface area contributed by atoms with Crippen molar-refractivity contribution in [1.82, 2.24) is 0 Å². The molecule has 0 amide bonds. The van der Waals surface area contributed by atoms with Gasteiger partial charge < -0.3 is 0 Å². The molecule has 0 aromatic heterocycles. The van der Waals surface area contributed by atoms with E-state index in [1.54, 1.807) is 30.3 Å². The Hall–Kier alpha value is -1.62. The average molecular weight is 130 g/mol. The first-order valence-electron chi connectivity index (χ1n) is 2.88. The van der Waals surface area contributed by atoms with Crippen LogP contribution in [0.1, 0.15) is 5.56 Å².